The summed E-state index contributed by atoms with van der Waals surface area (Å²) in [5, 5.41) is 3.81. The maximum absolute atomic E-state index is 5.55. The standard InChI is InChI=1S/C10H11Cl2NO/c11-6-10(7-12)13-14-8-9-4-2-1-3-5-9/h1-5H,6-8H2. The molecule has 14 heavy (non-hydrogen) atoms. The SMILES string of the molecule is ClCC(CCl)=NOCc1ccccc1. The van der Waals surface area contributed by atoms with Gasteiger partial charge in [-0.2, -0.15) is 0 Å². The summed E-state index contributed by atoms with van der Waals surface area (Å²) < 4.78 is 0. The zero-order valence-electron chi connectivity index (χ0n) is 7.62. The summed E-state index contributed by atoms with van der Waals surface area (Å²) in [5.41, 5.74) is 1.71. The molecule has 1 rings (SSSR count). The Morgan fingerprint density at radius 1 is 1.14 bits per heavy atom. The third kappa shape index (κ3) is 3.99. The van der Waals surface area contributed by atoms with Crippen molar-refractivity contribution in [1.29, 1.82) is 0 Å². The van der Waals surface area contributed by atoms with Crippen LogP contribution in [0.1, 0.15) is 5.56 Å². The second kappa shape index (κ2) is 6.68. The van der Waals surface area contributed by atoms with E-state index in [1.807, 2.05) is 30.3 Å². The van der Waals surface area contributed by atoms with Crippen molar-refractivity contribution in [2.45, 2.75) is 6.61 Å². The molecule has 1 aromatic carbocycles. The molecule has 0 amide bonds. The van der Waals surface area contributed by atoms with Crippen LogP contribution in [0, 0.1) is 0 Å². The van der Waals surface area contributed by atoms with Gasteiger partial charge in [0, 0.05) is 0 Å². The van der Waals surface area contributed by atoms with Gasteiger partial charge in [0.1, 0.15) is 6.61 Å². The Morgan fingerprint density at radius 3 is 2.36 bits per heavy atom. The second-order valence-corrected chi connectivity index (χ2v) is 3.22. The van der Waals surface area contributed by atoms with E-state index in [9.17, 15) is 0 Å². The maximum atomic E-state index is 5.55. The molecule has 0 saturated heterocycles. The first kappa shape index (κ1) is 11.3. The predicted molar refractivity (Wildman–Crippen MR) is 60.1 cm³/mol. The van der Waals surface area contributed by atoms with E-state index < -0.39 is 0 Å². The average Bonchev–Trinajstić information content (AvgIpc) is 2.26. The molecule has 0 aliphatic rings. The van der Waals surface area contributed by atoms with E-state index in [0.29, 0.717) is 24.1 Å². The minimum atomic E-state index is 0.304. The molecule has 0 aliphatic carbocycles. The summed E-state index contributed by atoms with van der Waals surface area (Å²) in [7, 11) is 0. The lowest BCUT2D eigenvalue weighted by molar-refractivity contribution is 0.130. The highest BCUT2D eigenvalue weighted by atomic mass is 35.5. The molecular weight excluding hydrogens is 221 g/mol. The van der Waals surface area contributed by atoms with Gasteiger partial charge in [-0.3, -0.25) is 0 Å². The van der Waals surface area contributed by atoms with Gasteiger partial charge in [0.2, 0.25) is 0 Å². The Hall–Kier alpha value is -0.730. The summed E-state index contributed by atoms with van der Waals surface area (Å²) >= 11 is 11.1. The van der Waals surface area contributed by atoms with Crippen LogP contribution >= 0.6 is 23.2 Å². The van der Waals surface area contributed by atoms with E-state index >= 15 is 0 Å². The van der Waals surface area contributed by atoms with Crippen molar-refractivity contribution < 1.29 is 4.84 Å². The Bertz CT molecular complexity index is 281. The molecule has 0 radical (unpaired) electrons. The van der Waals surface area contributed by atoms with Gasteiger partial charge in [-0.25, -0.2) is 0 Å². The number of hydrogen-bond acceptors (Lipinski definition) is 2. The molecule has 1 aromatic rings. The second-order valence-electron chi connectivity index (χ2n) is 2.68. The fraction of sp³-hybridized carbons (Fsp3) is 0.300. The summed E-state index contributed by atoms with van der Waals surface area (Å²) in [4.78, 5) is 5.08. The van der Waals surface area contributed by atoms with Crippen molar-refractivity contribution in [3.8, 4) is 0 Å². The number of halogens is 2. The van der Waals surface area contributed by atoms with Crippen LogP contribution in [-0.4, -0.2) is 17.5 Å². The van der Waals surface area contributed by atoms with E-state index in [2.05, 4.69) is 5.16 Å². The lowest BCUT2D eigenvalue weighted by Crippen LogP contribution is -2.02. The molecule has 2 nitrogen and oxygen atoms in total. The van der Waals surface area contributed by atoms with Gasteiger partial charge < -0.3 is 4.84 Å². The molecule has 4 heteroatoms. The molecule has 76 valence electrons. The number of hydrogen-bond donors (Lipinski definition) is 0. The first-order chi connectivity index (χ1) is 6.86. The van der Waals surface area contributed by atoms with Gasteiger partial charge in [0.25, 0.3) is 0 Å². The summed E-state index contributed by atoms with van der Waals surface area (Å²) in [6, 6.07) is 9.79. The molecule has 0 unspecified atom stereocenters. The van der Waals surface area contributed by atoms with Crippen molar-refractivity contribution in [1.82, 2.24) is 0 Å². The van der Waals surface area contributed by atoms with Crippen molar-refractivity contribution in [3.05, 3.63) is 35.9 Å². The topological polar surface area (TPSA) is 21.6 Å². The molecular formula is C10H11Cl2NO. The number of benzene rings is 1. The van der Waals surface area contributed by atoms with E-state index in [1.165, 1.54) is 0 Å². The van der Waals surface area contributed by atoms with E-state index in [4.69, 9.17) is 28.0 Å². The predicted octanol–water partition coefficient (Wildman–Crippen LogP) is 3.04. The third-order valence-corrected chi connectivity index (χ3v) is 2.19. The molecule has 0 bridgehead atoms. The highest BCUT2D eigenvalue weighted by molar-refractivity contribution is 6.36. The Morgan fingerprint density at radius 2 is 1.79 bits per heavy atom. The summed E-state index contributed by atoms with van der Waals surface area (Å²) in [6.45, 7) is 0.443. The largest absolute Gasteiger partial charge is 0.391 e. The van der Waals surface area contributed by atoms with E-state index in [-0.39, 0.29) is 0 Å². The van der Waals surface area contributed by atoms with Crippen LogP contribution in [0.4, 0.5) is 0 Å². The lowest BCUT2D eigenvalue weighted by Gasteiger charge is -2.00. The van der Waals surface area contributed by atoms with E-state index in [1.54, 1.807) is 0 Å². The normalized spacial score (nSPS) is 9.57. The first-order valence-electron chi connectivity index (χ1n) is 4.20. The lowest BCUT2D eigenvalue weighted by atomic mass is 10.2. The zero-order chi connectivity index (χ0) is 10.2. The maximum Gasteiger partial charge on any atom is 0.142 e. The Balaban J connectivity index is 2.38. The van der Waals surface area contributed by atoms with Gasteiger partial charge in [-0.15, -0.1) is 23.2 Å². The molecule has 0 saturated carbocycles. The highest BCUT2D eigenvalue weighted by Crippen LogP contribution is 2.01. The summed E-state index contributed by atoms with van der Waals surface area (Å²) in [6.07, 6.45) is 0. The van der Waals surface area contributed by atoms with Gasteiger partial charge in [-0.1, -0.05) is 35.5 Å². The fourth-order valence-corrected chi connectivity index (χ4v) is 1.24. The number of oxime groups is 1. The van der Waals surface area contributed by atoms with Crippen LogP contribution in [0.3, 0.4) is 0 Å². The number of alkyl halides is 2. The third-order valence-electron chi connectivity index (χ3n) is 1.58. The minimum Gasteiger partial charge on any atom is -0.391 e. The molecule has 0 fully saturated rings. The zero-order valence-corrected chi connectivity index (χ0v) is 9.13. The van der Waals surface area contributed by atoms with Crippen LogP contribution in [0.15, 0.2) is 35.5 Å². The Kier molecular flexibility index (Phi) is 5.42. The molecule has 0 aromatic heterocycles. The first-order valence-corrected chi connectivity index (χ1v) is 5.27. The van der Waals surface area contributed by atoms with Crippen LogP contribution in [0.5, 0.6) is 0 Å². The smallest absolute Gasteiger partial charge is 0.142 e. The quantitative estimate of drug-likeness (QED) is 0.434. The van der Waals surface area contributed by atoms with Crippen molar-refractivity contribution in [2.75, 3.05) is 11.8 Å². The molecule has 0 aliphatic heterocycles. The van der Waals surface area contributed by atoms with Gasteiger partial charge in [-0.05, 0) is 5.56 Å². The van der Waals surface area contributed by atoms with Gasteiger partial charge >= 0.3 is 0 Å². The molecule has 0 N–H and O–H groups in total. The van der Waals surface area contributed by atoms with Gasteiger partial charge in [0.05, 0.1) is 17.5 Å². The molecule has 0 heterocycles. The van der Waals surface area contributed by atoms with Crippen LogP contribution < -0.4 is 0 Å². The fourth-order valence-electron chi connectivity index (χ4n) is 0.857. The van der Waals surface area contributed by atoms with E-state index in [0.717, 1.165) is 5.56 Å². The molecule has 0 atom stereocenters. The minimum absolute atomic E-state index is 0.304. The summed E-state index contributed by atoms with van der Waals surface area (Å²) in [5.74, 6) is 0.608. The highest BCUT2D eigenvalue weighted by Gasteiger charge is 1.95. The monoisotopic (exact) mass is 231 g/mol. The van der Waals surface area contributed by atoms with Crippen molar-refractivity contribution in [3.63, 3.8) is 0 Å². The van der Waals surface area contributed by atoms with Gasteiger partial charge in [0.15, 0.2) is 0 Å². The van der Waals surface area contributed by atoms with Crippen molar-refractivity contribution in [2.24, 2.45) is 5.16 Å². The molecule has 0 spiro atoms. The van der Waals surface area contributed by atoms with Crippen molar-refractivity contribution >= 4 is 28.9 Å². The average molecular weight is 232 g/mol. The number of nitrogens with zero attached hydrogens (tertiary/aromatic N) is 1. The van der Waals surface area contributed by atoms with Crippen LogP contribution in [0.2, 0.25) is 0 Å². The van der Waals surface area contributed by atoms with Crippen LogP contribution in [0.25, 0.3) is 0 Å². The number of rotatable bonds is 5. The van der Waals surface area contributed by atoms with Crippen LogP contribution in [-0.2, 0) is 11.4 Å². The Labute approximate surface area is 93.5 Å².